The lowest BCUT2D eigenvalue weighted by atomic mass is 10.1. The molecule has 0 fully saturated rings. The number of rotatable bonds is 6. The Morgan fingerprint density at radius 1 is 1.04 bits per heavy atom. The number of nitrogens with one attached hydrogen (secondary N) is 2. The fourth-order valence-corrected chi connectivity index (χ4v) is 2.51. The minimum absolute atomic E-state index is 0.139. The molecular weight excluding hydrogens is 347 g/mol. The highest BCUT2D eigenvalue weighted by atomic mass is 35.5. The molecule has 126 valence electrons. The van der Waals surface area contributed by atoms with Gasteiger partial charge in [-0.1, -0.05) is 35.3 Å². The maximum absolute atomic E-state index is 12.1. The van der Waals surface area contributed by atoms with Gasteiger partial charge in [-0.25, -0.2) is 0 Å². The van der Waals surface area contributed by atoms with Crippen molar-refractivity contribution in [1.82, 2.24) is 5.32 Å². The first kappa shape index (κ1) is 18.3. The van der Waals surface area contributed by atoms with Crippen LogP contribution < -0.4 is 10.6 Å². The van der Waals surface area contributed by atoms with E-state index in [4.69, 9.17) is 23.2 Å². The van der Waals surface area contributed by atoms with Gasteiger partial charge in [0, 0.05) is 24.1 Å². The zero-order chi connectivity index (χ0) is 17.5. The molecule has 2 amide bonds. The smallest absolute Gasteiger partial charge is 0.251 e. The Balaban J connectivity index is 1.90. The number of hydrogen-bond donors (Lipinski definition) is 2. The van der Waals surface area contributed by atoms with Crippen LogP contribution in [0.4, 0.5) is 5.69 Å². The first-order valence-corrected chi connectivity index (χ1v) is 8.31. The molecule has 4 nitrogen and oxygen atoms in total. The van der Waals surface area contributed by atoms with Crippen molar-refractivity contribution in [3.8, 4) is 0 Å². The lowest BCUT2D eigenvalue weighted by molar-refractivity contribution is -0.116. The molecule has 0 atom stereocenters. The second-order valence-electron chi connectivity index (χ2n) is 5.30. The average molecular weight is 365 g/mol. The number of carbonyl (C=O) groups is 2. The molecular formula is C18H18Cl2N2O2. The van der Waals surface area contributed by atoms with Crippen LogP contribution in [0.5, 0.6) is 0 Å². The maximum atomic E-state index is 12.1. The number of hydrogen-bond acceptors (Lipinski definition) is 2. The predicted octanol–water partition coefficient (Wildman–Crippen LogP) is 4.31. The van der Waals surface area contributed by atoms with Crippen LogP contribution in [0.2, 0.25) is 10.0 Å². The van der Waals surface area contributed by atoms with E-state index in [1.54, 1.807) is 25.2 Å². The molecule has 2 N–H and O–H groups in total. The molecule has 2 rings (SSSR count). The zero-order valence-electron chi connectivity index (χ0n) is 13.2. The molecule has 6 heteroatoms. The highest BCUT2D eigenvalue weighted by Gasteiger charge is 2.10. The molecule has 0 saturated carbocycles. The van der Waals surface area contributed by atoms with Crippen molar-refractivity contribution >= 4 is 40.7 Å². The molecule has 2 aromatic carbocycles. The highest BCUT2D eigenvalue weighted by molar-refractivity contribution is 6.34. The topological polar surface area (TPSA) is 58.2 Å². The third kappa shape index (κ3) is 5.25. The number of carbonyl (C=O) groups excluding carboxylic acids is 2. The van der Waals surface area contributed by atoms with Gasteiger partial charge >= 0.3 is 0 Å². The van der Waals surface area contributed by atoms with Crippen LogP contribution in [-0.2, 0) is 11.2 Å². The number of amides is 2. The summed E-state index contributed by atoms with van der Waals surface area (Å²) in [6, 6.07) is 12.3. The van der Waals surface area contributed by atoms with E-state index in [-0.39, 0.29) is 11.8 Å². The quantitative estimate of drug-likeness (QED) is 0.801. The van der Waals surface area contributed by atoms with E-state index in [2.05, 4.69) is 10.6 Å². The van der Waals surface area contributed by atoms with Gasteiger partial charge in [0.05, 0.1) is 10.7 Å². The minimum Gasteiger partial charge on any atom is -0.355 e. The van der Waals surface area contributed by atoms with Crippen LogP contribution in [0, 0.1) is 0 Å². The van der Waals surface area contributed by atoms with Crippen molar-refractivity contribution < 1.29 is 9.59 Å². The summed E-state index contributed by atoms with van der Waals surface area (Å²) in [7, 11) is 1.55. The Kier molecular flexibility index (Phi) is 6.64. The number of halogens is 2. The lowest BCUT2D eigenvalue weighted by Crippen LogP contribution is -2.18. The van der Waals surface area contributed by atoms with Crippen LogP contribution in [0.25, 0.3) is 0 Å². The van der Waals surface area contributed by atoms with Gasteiger partial charge < -0.3 is 10.6 Å². The van der Waals surface area contributed by atoms with E-state index in [1.807, 2.05) is 24.3 Å². The number of aryl methyl sites for hydroxylation is 1. The zero-order valence-corrected chi connectivity index (χ0v) is 14.7. The molecule has 0 saturated heterocycles. The first-order valence-electron chi connectivity index (χ1n) is 7.55. The van der Waals surface area contributed by atoms with Crippen LogP contribution in [0.15, 0.2) is 42.5 Å². The predicted molar refractivity (Wildman–Crippen MR) is 97.9 cm³/mol. The van der Waals surface area contributed by atoms with E-state index < -0.39 is 0 Å². The Morgan fingerprint density at radius 3 is 2.42 bits per heavy atom. The first-order chi connectivity index (χ1) is 11.5. The van der Waals surface area contributed by atoms with Crippen LogP contribution in [-0.4, -0.2) is 18.9 Å². The van der Waals surface area contributed by atoms with Gasteiger partial charge in [-0.2, -0.15) is 0 Å². The van der Waals surface area contributed by atoms with Gasteiger partial charge in [-0.15, -0.1) is 0 Å². The molecule has 0 aromatic heterocycles. The van der Waals surface area contributed by atoms with Crippen molar-refractivity contribution in [2.45, 2.75) is 19.3 Å². The van der Waals surface area contributed by atoms with Gasteiger partial charge in [-0.05, 0) is 48.7 Å². The fourth-order valence-electron chi connectivity index (χ4n) is 2.22. The van der Waals surface area contributed by atoms with Gasteiger partial charge in [0.15, 0.2) is 0 Å². The molecule has 24 heavy (non-hydrogen) atoms. The van der Waals surface area contributed by atoms with Crippen molar-refractivity contribution in [3.63, 3.8) is 0 Å². The van der Waals surface area contributed by atoms with Crippen LogP contribution >= 0.6 is 23.2 Å². The highest BCUT2D eigenvalue weighted by Crippen LogP contribution is 2.23. The van der Waals surface area contributed by atoms with Gasteiger partial charge in [0.25, 0.3) is 5.91 Å². The average Bonchev–Trinajstić information content (AvgIpc) is 2.58. The monoisotopic (exact) mass is 364 g/mol. The Labute approximate surface area is 151 Å². The Hall–Kier alpha value is -2.04. The SMILES string of the molecule is CNC(=O)c1ccc(Cl)c(NC(=O)CCCc2ccc(Cl)cc2)c1. The second kappa shape index (κ2) is 8.71. The summed E-state index contributed by atoms with van der Waals surface area (Å²) in [5.41, 5.74) is 2.01. The Bertz CT molecular complexity index is 730. The summed E-state index contributed by atoms with van der Waals surface area (Å²) in [5, 5.41) is 6.38. The molecule has 0 radical (unpaired) electrons. The second-order valence-corrected chi connectivity index (χ2v) is 6.15. The van der Waals surface area contributed by atoms with Crippen molar-refractivity contribution in [2.24, 2.45) is 0 Å². The molecule has 2 aromatic rings. The molecule has 0 spiro atoms. The van der Waals surface area contributed by atoms with E-state index >= 15 is 0 Å². The van der Waals surface area contributed by atoms with E-state index in [0.717, 1.165) is 12.0 Å². The van der Waals surface area contributed by atoms with E-state index in [1.165, 1.54) is 0 Å². The maximum Gasteiger partial charge on any atom is 0.251 e. The number of benzene rings is 2. The van der Waals surface area contributed by atoms with Crippen LogP contribution in [0.1, 0.15) is 28.8 Å². The van der Waals surface area contributed by atoms with Crippen molar-refractivity contribution in [1.29, 1.82) is 0 Å². The molecule has 0 bridgehead atoms. The third-order valence-corrected chi connectivity index (χ3v) is 4.09. The Morgan fingerprint density at radius 2 is 1.75 bits per heavy atom. The van der Waals surface area contributed by atoms with Gasteiger partial charge in [0.1, 0.15) is 0 Å². The largest absolute Gasteiger partial charge is 0.355 e. The fraction of sp³-hybridized carbons (Fsp3) is 0.222. The normalized spacial score (nSPS) is 10.3. The lowest BCUT2D eigenvalue weighted by Gasteiger charge is -2.09. The third-order valence-electron chi connectivity index (χ3n) is 3.51. The molecule has 0 heterocycles. The van der Waals surface area contributed by atoms with Crippen molar-refractivity contribution in [2.75, 3.05) is 12.4 Å². The molecule has 0 aliphatic rings. The summed E-state index contributed by atoms with van der Waals surface area (Å²) in [6.07, 6.45) is 1.86. The molecule has 0 aliphatic carbocycles. The van der Waals surface area contributed by atoms with Crippen molar-refractivity contribution in [3.05, 3.63) is 63.6 Å². The molecule has 0 unspecified atom stereocenters. The number of anilines is 1. The van der Waals surface area contributed by atoms with Crippen LogP contribution in [0.3, 0.4) is 0 Å². The summed E-state index contributed by atoms with van der Waals surface area (Å²) in [4.78, 5) is 23.7. The van der Waals surface area contributed by atoms with Gasteiger partial charge in [0.2, 0.25) is 5.91 Å². The summed E-state index contributed by atoms with van der Waals surface area (Å²) < 4.78 is 0. The minimum atomic E-state index is -0.232. The van der Waals surface area contributed by atoms with E-state index in [9.17, 15) is 9.59 Å². The van der Waals surface area contributed by atoms with Gasteiger partial charge in [-0.3, -0.25) is 9.59 Å². The summed E-state index contributed by atoms with van der Waals surface area (Å²) in [5.74, 6) is -0.371. The molecule has 0 aliphatic heterocycles. The summed E-state index contributed by atoms with van der Waals surface area (Å²) >= 11 is 11.9. The standard InChI is InChI=1S/C18H18Cl2N2O2/c1-21-18(24)13-7-10-15(20)16(11-13)22-17(23)4-2-3-12-5-8-14(19)9-6-12/h5-11H,2-4H2,1H3,(H,21,24)(H,22,23). The summed E-state index contributed by atoms with van der Waals surface area (Å²) in [6.45, 7) is 0. The van der Waals surface area contributed by atoms with E-state index in [0.29, 0.717) is 34.1 Å².